The average molecular weight is 341 g/mol. The van der Waals surface area contributed by atoms with Gasteiger partial charge in [-0.1, -0.05) is 28.9 Å². The molecule has 1 amide bonds. The summed E-state index contributed by atoms with van der Waals surface area (Å²) < 4.78 is 4.93. The summed E-state index contributed by atoms with van der Waals surface area (Å²) in [6.45, 7) is 0.755. The molecule has 0 aliphatic rings. The van der Waals surface area contributed by atoms with E-state index in [1.54, 1.807) is 36.0 Å². The van der Waals surface area contributed by atoms with Gasteiger partial charge in [-0.25, -0.2) is 0 Å². The SMILES string of the molecule is O=C(NCCSCCCO)c1conc1-c1ccc(Cl)cc1. The molecular formula is C15H17ClN2O3S. The van der Waals surface area contributed by atoms with Gasteiger partial charge in [0.05, 0.1) is 0 Å². The first-order chi connectivity index (χ1) is 10.7. The molecule has 0 aliphatic carbocycles. The number of halogens is 1. The molecule has 1 aromatic carbocycles. The van der Waals surface area contributed by atoms with Gasteiger partial charge in [0.25, 0.3) is 5.91 Å². The number of aliphatic hydroxyl groups is 1. The summed E-state index contributed by atoms with van der Waals surface area (Å²) in [6.07, 6.45) is 2.11. The van der Waals surface area contributed by atoms with Crippen molar-refractivity contribution in [3.63, 3.8) is 0 Å². The Bertz CT molecular complexity index is 601. The number of amides is 1. The first kappa shape index (κ1) is 16.9. The number of nitrogens with zero attached hydrogens (tertiary/aromatic N) is 1. The molecule has 0 aliphatic heterocycles. The van der Waals surface area contributed by atoms with Crippen LogP contribution in [0, 0.1) is 0 Å². The summed E-state index contributed by atoms with van der Waals surface area (Å²) in [5.41, 5.74) is 1.69. The Morgan fingerprint density at radius 3 is 2.82 bits per heavy atom. The largest absolute Gasteiger partial charge is 0.396 e. The van der Waals surface area contributed by atoms with Gasteiger partial charge in [-0.05, 0) is 24.3 Å². The van der Waals surface area contributed by atoms with Crippen molar-refractivity contribution in [1.29, 1.82) is 0 Å². The number of thioether (sulfide) groups is 1. The summed E-state index contributed by atoms with van der Waals surface area (Å²) in [5.74, 6) is 1.47. The van der Waals surface area contributed by atoms with E-state index in [1.165, 1.54) is 6.26 Å². The number of hydrogen-bond donors (Lipinski definition) is 2. The fourth-order valence-electron chi connectivity index (χ4n) is 1.81. The molecule has 2 rings (SSSR count). The van der Waals surface area contributed by atoms with Gasteiger partial charge in [-0.15, -0.1) is 0 Å². The van der Waals surface area contributed by atoms with Crippen molar-refractivity contribution in [2.45, 2.75) is 6.42 Å². The Labute approximate surface area is 138 Å². The van der Waals surface area contributed by atoms with Crippen LogP contribution < -0.4 is 5.32 Å². The highest BCUT2D eigenvalue weighted by Gasteiger charge is 2.16. The lowest BCUT2D eigenvalue weighted by Gasteiger charge is -2.05. The number of aliphatic hydroxyl groups excluding tert-OH is 1. The van der Waals surface area contributed by atoms with Gasteiger partial charge in [0.15, 0.2) is 0 Å². The lowest BCUT2D eigenvalue weighted by Crippen LogP contribution is -2.26. The topological polar surface area (TPSA) is 75.4 Å². The van der Waals surface area contributed by atoms with E-state index < -0.39 is 0 Å². The molecule has 2 N–H and O–H groups in total. The molecule has 1 aromatic heterocycles. The third-order valence-corrected chi connectivity index (χ3v) is 4.23. The van der Waals surface area contributed by atoms with Crippen LogP contribution in [0.4, 0.5) is 0 Å². The predicted molar refractivity (Wildman–Crippen MR) is 88.3 cm³/mol. The summed E-state index contributed by atoms with van der Waals surface area (Å²) in [4.78, 5) is 12.2. The minimum Gasteiger partial charge on any atom is -0.396 e. The number of aromatic nitrogens is 1. The van der Waals surface area contributed by atoms with Gasteiger partial charge in [-0.2, -0.15) is 11.8 Å². The highest BCUT2D eigenvalue weighted by molar-refractivity contribution is 7.99. The maximum atomic E-state index is 12.2. The molecule has 0 saturated heterocycles. The van der Waals surface area contributed by atoms with Crippen molar-refractivity contribution in [3.8, 4) is 11.3 Å². The predicted octanol–water partition coefficient (Wildman–Crippen LogP) is 2.84. The second-order valence-electron chi connectivity index (χ2n) is 4.53. The van der Waals surface area contributed by atoms with Crippen LogP contribution in [0.25, 0.3) is 11.3 Å². The lowest BCUT2D eigenvalue weighted by atomic mass is 10.1. The fourth-order valence-corrected chi connectivity index (χ4v) is 2.72. The van der Waals surface area contributed by atoms with Crippen molar-refractivity contribution in [2.24, 2.45) is 0 Å². The Morgan fingerprint density at radius 2 is 2.09 bits per heavy atom. The normalized spacial score (nSPS) is 10.6. The third kappa shape index (κ3) is 4.76. The molecule has 0 atom stereocenters. The average Bonchev–Trinajstić information content (AvgIpc) is 3.01. The number of carbonyl (C=O) groups is 1. The van der Waals surface area contributed by atoms with Gasteiger partial charge in [-0.3, -0.25) is 4.79 Å². The van der Waals surface area contributed by atoms with Gasteiger partial charge in [0.2, 0.25) is 0 Å². The summed E-state index contributed by atoms with van der Waals surface area (Å²) in [6, 6.07) is 7.07. The highest BCUT2D eigenvalue weighted by atomic mass is 35.5. The van der Waals surface area contributed by atoms with E-state index in [4.69, 9.17) is 21.2 Å². The van der Waals surface area contributed by atoms with E-state index in [2.05, 4.69) is 10.5 Å². The van der Waals surface area contributed by atoms with Gasteiger partial charge < -0.3 is 14.9 Å². The quantitative estimate of drug-likeness (QED) is 0.723. The molecule has 22 heavy (non-hydrogen) atoms. The van der Waals surface area contributed by atoms with Crippen LogP contribution in [0.1, 0.15) is 16.8 Å². The van der Waals surface area contributed by atoms with Crippen molar-refractivity contribution in [3.05, 3.63) is 41.1 Å². The molecule has 2 aromatic rings. The number of nitrogens with one attached hydrogen (secondary N) is 1. The second kappa shape index (κ2) is 8.82. The molecule has 7 heteroatoms. The first-order valence-corrected chi connectivity index (χ1v) is 8.42. The van der Waals surface area contributed by atoms with Crippen molar-refractivity contribution >= 4 is 29.3 Å². The molecule has 0 spiro atoms. The molecule has 0 saturated carbocycles. The summed E-state index contributed by atoms with van der Waals surface area (Å²) in [7, 11) is 0. The van der Waals surface area contributed by atoms with Crippen LogP contribution in [-0.2, 0) is 0 Å². The maximum absolute atomic E-state index is 12.2. The standard InChI is InChI=1S/C15H17ClN2O3S/c16-12-4-2-11(3-5-12)14-13(10-21-18-14)15(20)17-6-9-22-8-1-7-19/h2-5,10,19H,1,6-9H2,(H,17,20). The van der Waals surface area contributed by atoms with Crippen LogP contribution in [-0.4, -0.2) is 40.8 Å². The molecule has 0 bridgehead atoms. The van der Waals surface area contributed by atoms with Crippen LogP contribution in [0.2, 0.25) is 5.02 Å². The first-order valence-electron chi connectivity index (χ1n) is 6.89. The second-order valence-corrected chi connectivity index (χ2v) is 6.19. The Kier molecular flexibility index (Phi) is 6.76. The van der Waals surface area contributed by atoms with E-state index in [1.807, 2.05) is 0 Å². The summed E-state index contributed by atoms with van der Waals surface area (Å²) in [5, 5.41) is 16.0. The van der Waals surface area contributed by atoms with Gasteiger partial charge in [0, 0.05) is 29.5 Å². The van der Waals surface area contributed by atoms with Gasteiger partial charge in [0.1, 0.15) is 17.5 Å². The van der Waals surface area contributed by atoms with E-state index in [9.17, 15) is 4.79 Å². The molecular weight excluding hydrogens is 324 g/mol. The number of rotatable bonds is 8. The van der Waals surface area contributed by atoms with Crippen molar-refractivity contribution in [1.82, 2.24) is 10.5 Å². The van der Waals surface area contributed by atoms with E-state index in [0.29, 0.717) is 22.8 Å². The zero-order valence-electron chi connectivity index (χ0n) is 11.9. The minimum atomic E-state index is -0.214. The Morgan fingerprint density at radius 1 is 1.32 bits per heavy atom. The summed E-state index contributed by atoms with van der Waals surface area (Å²) >= 11 is 7.55. The van der Waals surface area contributed by atoms with Crippen LogP contribution in [0.3, 0.4) is 0 Å². The third-order valence-electron chi connectivity index (χ3n) is 2.91. The van der Waals surface area contributed by atoms with Crippen LogP contribution in [0.5, 0.6) is 0 Å². The molecule has 1 heterocycles. The lowest BCUT2D eigenvalue weighted by molar-refractivity contribution is 0.0956. The molecule has 0 radical (unpaired) electrons. The van der Waals surface area contributed by atoms with Crippen molar-refractivity contribution < 1.29 is 14.4 Å². The Hall–Kier alpha value is -1.50. The van der Waals surface area contributed by atoms with E-state index in [-0.39, 0.29) is 12.5 Å². The monoisotopic (exact) mass is 340 g/mol. The van der Waals surface area contributed by atoms with E-state index >= 15 is 0 Å². The molecule has 0 unspecified atom stereocenters. The minimum absolute atomic E-state index is 0.199. The Balaban J connectivity index is 1.91. The number of hydrogen-bond acceptors (Lipinski definition) is 5. The fraction of sp³-hybridized carbons (Fsp3) is 0.333. The number of benzene rings is 1. The zero-order valence-corrected chi connectivity index (χ0v) is 13.5. The molecule has 118 valence electrons. The highest BCUT2D eigenvalue weighted by Crippen LogP contribution is 2.23. The van der Waals surface area contributed by atoms with Crippen LogP contribution in [0.15, 0.2) is 35.1 Å². The molecule has 0 fully saturated rings. The molecule has 5 nitrogen and oxygen atoms in total. The smallest absolute Gasteiger partial charge is 0.256 e. The number of carbonyl (C=O) groups excluding carboxylic acids is 1. The maximum Gasteiger partial charge on any atom is 0.256 e. The zero-order chi connectivity index (χ0) is 15.8. The van der Waals surface area contributed by atoms with E-state index in [0.717, 1.165) is 23.5 Å². The van der Waals surface area contributed by atoms with Gasteiger partial charge >= 0.3 is 0 Å². The van der Waals surface area contributed by atoms with Crippen LogP contribution >= 0.6 is 23.4 Å². The van der Waals surface area contributed by atoms with Crippen molar-refractivity contribution in [2.75, 3.05) is 24.7 Å².